The summed E-state index contributed by atoms with van der Waals surface area (Å²) in [4.78, 5) is 22.9. The molecule has 0 fully saturated rings. The Labute approximate surface area is 110 Å². The second kappa shape index (κ2) is 5.90. The van der Waals surface area contributed by atoms with E-state index in [0.717, 1.165) is 5.01 Å². The van der Waals surface area contributed by atoms with Crippen molar-refractivity contribution in [2.75, 3.05) is 6.54 Å². The molecule has 0 atom stereocenters. The standard InChI is InChI=1S/C11H17N3O3S/c1-7-13-14-9(18-7)5-8(15)6-12-10(16)17-11(2,3)4/h5-6H2,1-4H3,(H,12,16). The zero-order chi connectivity index (χ0) is 13.8. The minimum absolute atomic E-state index is 0.0620. The molecule has 0 aliphatic rings. The lowest BCUT2D eigenvalue weighted by atomic mass is 10.2. The fraction of sp³-hybridized carbons (Fsp3) is 0.636. The van der Waals surface area contributed by atoms with Crippen LogP contribution in [0.3, 0.4) is 0 Å². The molecular formula is C11H17N3O3S. The van der Waals surface area contributed by atoms with Crippen LogP contribution < -0.4 is 5.32 Å². The molecule has 1 rings (SSSR count). The van der Waals surface area contributed by atoms with E-state index in [1.807, 2.05) is 6.92 Å². The number of aryl methyl sites for hydroxylation is 1. The molecule has 1 aromatic heterocycles. The van der Waals surface area contributed by atoms with Crippen LogP contribution in [0, 0.1) is 6.92 Å². The number of amides is 1. The van der Waals surface area contributed by atoms with Gasteiger partial charge >= 0.3 is 6.09 Å². The van der Waals surface area contributed by atoms with Gasteiger partial charge in [-0.05, 0) is 27.7 Å². The second-order valence-corrected chi connectivity index (χ2v) is 6.05. The Morgan fingerprint density at radius 1 is 1.33 bits per heavy atom. The SMILES string of the molecule is Cc1nnc(CC(=O)CNC(=O)OC(C)(C)C)s1. The summed E-state index contributed by atoms with van der Waals surface area (Å²) in [7, 11) is 0. The van der Waals surface area contributed by atoms with Crippen LogP contribution in [0.2, 0.25) is 0 Å². The predicted octanol–water partition coefficient (Wildman–Crippen LogP) is 1.48. The first-order chi connectivity index (χ1) is 8.26. The van der Waals surface area contributed by atoms with E-state index in [4.69, 9.17) is 4.74 Å². The molecule has 0 aliphatic heterocycles. The van der Waals surface area contributed by atoms with Gasteiger partial charge in [-0.2, -0.15) is 0 Å². The molecule has 0 aliphatic carbocycles. The van der Waals surface area contributed by atoms with Crippen molar-refractivity contribution in [3.8, 4) is 0 Å². The molecule has 0 radical (unpaired) electrons. The molecular weight excluding hydrogens is 254 g/mol. The van der Waals surface area contributed by atoms with Gasteiger partial charge in [-0.25, -0.2) is 4.79 Å². The quantitative estimate of drug-likeness (QED) is 0.897. The number of rotatable bonds is 4. The summed E-state index contributed by atoms with van der Waals surface area (Å²) >= 11 is 1.37. The van der Waals surface area contributed by atoms with Crippen molar-refractivity contribution >= 4 is 23.2 Å². The molecule has 7 heteroatoms. The fourth-order valence-corrected chi connectivity index (χ4v) is 1.86. The number of aromatic nitrogens is 2. The molecule has 6 nitrogen and oxygen atoms in total. The van der Waals surface area contributed by atoms with Gasteiger partial charge in [0.1, 0.15) is 15.6 Å². The second-order valence-electron chi connectivity index (χ2n) is 4.79. The van der Waals surface area contributed by atoms with Crippen molar-refractivity contribution in [3.63, 3.8) is 0 Å². The Balaban J connectivity index is 2.31. The van der Waals surface area contributed by atoms with Crippen molar-refractivity contribution in [1.82, 2.24) is 15.5 Å². The monoisotopic (exact) mass is 271 g/mol. The summed E-state index contributed by atoms with van der Waals surface area (Å²) in [6.07, 6.45) is -0.411. The van der Waals surface area contributed by atoms with Crippen LogP contribution in [0.4, 0.5) is 4.79 Å². The zero-order valence-corrected chi connectivity index (χ0v) is 11.8. The molecule has 1 aromatic rings. The highest BCUT2D eigenvalue weighted by molar-refractivity contribution is 7.11. The van der Waals surface area contributed by atoms with Crippen molar-refractivity contribution in [2.45, 2.75) is 39.7 Å². The first-order valence-electron chi connectivity index (χ1n) is 5.54. The highest BCUT2D eigenvalue weighted by Crippen LogP contribution is 2.09. The Hall–Kier alpha value is -1.50. The van der Waals surface area contributed by atoms with Crippen LogP contribution in [0.5, 0.6) is 0 Å². The number of carbonyl (C=O) groups is 2. The van der Waals surface area contributed by atoms with Gasteiger partial charge in [-0.3, -0.25) is 4.79 Å². The summed E-state index contributed by atoms with van der Waals surface area (Å²) in [6.45, 7) is 7.05. The normalized spacial score (nSPS) is 11.1. The maximum atomic E-state index is 11.6. The molecule has 0 saturated carbocycles. The van der Waals surface area contributed by atoms with Crippen LogP contribution in [-0.2, 0) is 16.0 Å². The van der Waals surface area contributed by atoms with E-state index in [1.165, 1.54) is 11.3 Å². The first-order valence-corrected chi connectivity index (χ1v) is 6.35. The molecule has 18 heavy (non-hydrogen) atoms. The number of ether oxygens (including phenoxy) is 1. The van der Waals surface area contributed by atoms with E-state index in [0.29, 0.717) is 5.01 Å². The topological polar surface area (TPSA) is 81.2 Å². The molecule has 1 heterocycles. The summed E-state index contributed by atoms with van der Waals surface area (Å²) in [5.74, 6) is -0.128. The van der Waals surface area contributed by atoms with Gasteiger partial charge in [0.25, 0.3) is 0 Å². The average molecular weight is 271 g/mol. The number of alkyl carbamates (subject to hydrolysis) is 1. The third-order valence-corrected chi connectivity index (χ3v) is 2.58. The first kappa shape index (κ1) is 14.6. The predicted molar refractivity (Wildman–Crippen MR) is 67.6 cm³/mol. The van der Waals surface area contributed by atoms with Gasteiger partial charge in [-0.1, -0.05) is 0 Å². The number of hydrogen-bond acceptors (Lipinski definition) is 6. The van der Waals surface area contributed by atoms with E-state index in [2.05, 4.69) is 15.5 Å². The average Bonchev–Trinajstić information content (AvgIpc) is 2.58. The van der Waals surface area contributed by atoms with Crippen LogP contribution in [0.25, 0.3) is 0 Å². The van der Waals surface area contributed by atoms with Gasteiger partial charge < -0.3 is 10.1 Å². The summed E-state index contributed by atoms with van der Waals surface area (Å²) in [6, 6.07) is 0. The smallest absolute Gasteiger partial charge is 0.408 e. The Kier molecular flexibility index (Phi) is 4.77. The van der Waals surface area contributed by atoms with E-state index < -0.39 is 11.7 Å². The van der Waals surface area contributed by atoms with E-state index >= 15 is 0 Å². The van der Waals surface area contributed by atoms with E-state index in [-0.39, 0.29) is 18.7 Å². The largest absolute Gasteiger partial charge is 0.444 e. The molecule has 1 N–H and O–H groups in total. The number of nitrogens with zero attached hydrogens (tertiary/aromatic N) is 2. The molecule has 100 valence electrons. The van der Waals surface area contributed by atoms with E-state index in [1.54, 1.807) is 20.8 Å². The third kappa shape index (κ3) is 5.72. The maximum Gasteiger partial charge on any atom is 0.408 e. The molecule has 0 bridgehead atoms. The van der Waals surface area contributed by atoms with Gasteiger partial charge in [0.05, 0.1) is 13.0 Å². The van der Waals surface area contributed by atoms with Crippen LogP contribution in [0.15, 0.2) is 0 Å². The fourth-order valence-electron chi connectivity index (χ4n) is 1.13. The summed E-state index contributed by atoms with van der Waals surface area (Å²) < 4.78 is 5.01. The van der Waals surface area contributed by atoms with Gasteiger partial charge in [0.2, 0.25) is 0 Å². The lowest BCUT2D eigenvalue weighted by molar-refractivity contribution is -0.117. The molecule has 0 aromatic carbocycles. The van der Waals surface area contributed by atoms with Crippen LogP contribution >= 0.6 is 11.3 Å². The number of ketones is 1. The van der Waals surface area contributed by atoms with E-state index in [9.17, 15) is 9.59 Å². The molecule has 0 saturated heterocycles. The minimum atomic E-state index is -0.593. The highest BCUT2D eigenvalue weighted by atomic mass is 32.1. The summed E-state index contributed by atoms with van der Waals surface area (Å²) in [5, 5.41) is 11.5. The van der Waals surface area contributed by atoms with Crippen molar-refractivity contribution in [1.29, 1.82) is 0 Å². The minimum Gasteiger partial charge on any atom is -0.444 e. The Morgan fingerprint density at radius 2 is 2.00 bits per heavy atom. The lowest BCUT2D eigenvalue weighted by Gasteiger charge is -2.19. The van der Waals surface area contributed by atoms with Crippen LogP contribution in [-0.4, -0.2) is 34.2 Å². The molecule has 1 amide bonds. The van der Waals surface area contributed by atoms with Crippen molar-refractivity contribution in [3.05, 3.63) is 10.0 Å². The number of nitrogens with one attached hydrogen (secondary N) is 1. The van der Waals surface area contributed by atoms with Crippen LogP contribution in [0.1, 0.15) is 30.8 Å². The van der Waals surface area contributed by atoms with Crippen molar-refractivity contribution < 1.29 is 14.3 Å². The lowest BCUT2D eigenvalue weighted by Crippen LogP contribution is -2.35. The summed E-state index contributed by atoms with van der Waals surface area (Å²) in [5.41, 5.74) is -0.566. The zero-order valence-electron chi connectivity index (χ0n) is 10.9. The van der Waals surface area contributed by atoms with Crippen molar-refractivity contribution in [2.24, 2.45) is 0 Å². The van der Waals surface area contributed by atoms with Gasteiger partial charge in [0, 0.05) is 0 Å². The van der Waals surface area contributed by atoms with Gasteiger partial charge in [0.15, 0.2) is 5.78 Å². The number of hydrogen-bond donors (Lipinski definition) is 1. The number of carbonyl (C=O) groups excluding carboxylic acids is 2. The highest BCUT2D eigenvalue weighted by Gasteiger charge is 2.17. The maximum absolute atomic E-state index is 11.6. The third-order valence-electron chi connectivity index (χ3n) is 1.75. The molecule has 0 unspecified atom stereocenters. The number of Topliss-reactive ketones (excluding diaryl/α,β-unsaturated/α-hetero) is 1. The Morgan fingerprint density at radius 3 is 2.50 bits per heavy atom. The Bertz CT molecular complexity index is 437. The van der Waals surface area contributed by atoms with Gasteiger partial charge in [-0.15, -0.1) is 21.5 Å². The molecule has 0 spiro atoms.